The van der Waals surface area contributed by atoms with Crippen molar-refractivity contribution in [1.82, 2.24) is 15.4 Å². The zero-order valence-electron chi connectivity index (χ0n) is 17.2. The second kappa shape index (κ2) is 12.7. The van der Waals surface area contributed by atoms with Crippen molar-refractivity contribution in [2.24, 2.45) is 4.99 Å². The second-order valence-corrected chi connectivity index (χ2v) is 8.40. The third-order valence-electron chi connectivity index (χ3n) is 4.08. The fourth-order valence-electron chi connectivity index (χ4n) is 2.48. The van der Waals surface area contributed by atoms with Gasteiger partial charge in [-0.25, -0.2) is 17.5 Å². The number of halogens is 2. The smallest absolute Gasteiger partial charge is 0.215 e. The van der Waals surface area contributed by atoms with Crippen LogP contribution in [-0.2, 0) is 22.3 Å². The van der Waals surface area contributed by atoms with Crippen molar-refractivity contribution >= 4 is 40.0 Å². The van der Waals surface area contributed by atoms with Crippen LogP contribution >= 0.6 is 24.0 Å². The number of hydrogen-bond acceptors (Lipinski definition) is 4. The van der Waals surface area contributed by atoms with Crippen LogP contribution < -0.4 is 20.1 Å². The van der Waals surface area contributed by atoms with Crippen molar-refractivity contribution in [2.75, 3.05) is 20.6 Å². The van der Waals surface area contributed by atoms with E-state index in [9.17, 15) is 12.8 Å². The Morgan fingerprint density at radius 3 is 2.23 bits per heavy atom. The number of nitrogens with zero attached hydrogens (tertiary/aromatic N) is 1. The highest BCUT2D eigenvalue weighted by molar-refractivity contribution is 14.0. The molecule has 2 aromatic rings. The van der Waals surface area contributed by atoms with Gasteiger partial charge in [0, 0.05) is 13.6 Å². The molecule has 0 aromatic heterocycles. The third kappa shape index (κ3) is 9.26. The van der Waals surface area contributed by atoms with Gasteiger partial charge in [0.1, 0.15) is 17.7 Å². The fourth-order valence-corrected chi connectivity index (χ4v) is 3.25. The average molecular weight is 550 g/mol. The molecular formula is C20H28FIN4O3S. The summed E-state index contributed by atoms with van der Waals surface area (Å²) < 4.78 is 44.1. The summed E-state index contributed by atoms with van der Waals surface area (Å²) in [6, 6.07) is 13.2. The lowest BCUT2D eigenvalue weighted by atomic mass is 10.1. The Morgan fingerprint density at radius 1 is 1.07 bits per heavy atom. The summed E-state index contributed by atoms with van der Waals surface area (Å²) in [6.07, 6.45) is -0.146. The van der Waals surface area contributed by atoms with Gasteiger partial charge in [0.05, 0.1) is 12.3 Å². The van der Waals surface area contributed by atoms with Gasteiger partial charge in [0.2, 0.25) is 10.0 Å². The van der Waals surface area contributed by atoms with Crippen LogP contribution in [0.1, 0.15) is 18.1 Å². The van der Waals surface area contributed by atoms with Crippen molar-refractivity contribution < 1.29 is 17.5 Å². The molecule has 3 N–H and O–H groups in total. The largest absolute Gasteiger partial charge is 0.489 e. The quantitative estimate of drug-likeness (QED) is 0.254. The number of aliphatic imine (C=N–C) groups is 1. The molecular weight excluding hydrogens is 522 g/mol. The zero-order chi connectivity index (χ0) is 21.3. The van der Waals surface area contributed by atoms with Crippen molar-refractivity contribution in [1.29, 1.82) is 0 Å². The number of rotatable bonds is 9. The summed E-state index contributed by atoms with van der Waals surface area (Å²) in [5.74, 6) is 0.863. The summed E-state index contributed by atoms with van der Waals surface area (Å²) >= 11 is 0. The number of benzene rings is 2. The Hall–Kier alpha value is -1.92. The highest BCUT2D eigenvalue weighted by atomic mass is 127. The number of sulfonamides is 1. The summed E-state index contributed by atoms with van der Waals surface area (Å²) in [7, 11) is -0.207. The molecule has 0 amide bonds. The Balaban J connectivity index is 0.00000450. The molecule has 0 fully saturated rings. The number of hydrogen-bond donors (Lipinski definition) is 3. The zero-order valence-corrected chi connectivity index (χ0v) is 20.3. The number of nitrogens with one attached hydrogen (secondary N) is 3. The van der Waals surface area contributed by atoms with E-state index in [2.05, 4.69) is 20.3 Å². The Labute approximate surface area is 194 Å². The second-order valence-electron chi connectivity index (χ2n) is 6.47. The van der Waals surface area contributed by atoms with Crippen LogP contribution in [0.3, 0.4) is 0 Å². The highest BCUT2D eigenvalue weighted by Crippen LogP contribution is 2.12. The maximum atomic E-state index is 12.9. The molecule has 30 heavy (non-hydrogen) atoms. The molecule has 0 bridgehead atoms. The molecule has 2 rings (SSSR count). The maximum Gasteiger partial charge on any atom is 0.215 e. The van der Waals surface area contributed by atoms with Gasteiger partial charge in [-0.1, -0.05) is 24.3 Å². The minimum absolute atomic E-state index is 0. The molecule has 7 nitrogen and oxygen atoms in total. The van der Waals surface area contributed by atoms with Crippen LogP contribution in [0, 0.1) is 5.82 Å². The van der Waals surface area contributed by atoms with E-state index in [1.807, 2.05) is 19.1 Å². The van der Waals surface area contributed by atoms with Gasteiger partial charge >= 0.3 is 0 Å². The van der Waals surface area contributed by atoms with Crippen LogP contribution in [-0.4, -0.2) is 41.1 Å². The van der Waals surface area contributed by atoms with Crippen LogP contribution in [0.25, 0.3) is 0 Å². The first-order chi connectivity index (χ1) is 13.8. The molecule has 0 aliphatic rings. The van der Waals surface area contributed by atoms with Crippen LogP contribution in [0.4, 0.5) is 4.39 Å². The molecule has 166 valence electrons. The lowest BCUT2D eigenvalue weighted by molar-refractivity contribution is 0.223. The van der Waals surface area contributed by atoms with E-state index in [4.69, 9.17) is 4.74 Å². The Bertz CT molecular complexity index is 907. The first kappa shape index (κ1) is 26.1. The molecule has 0 saturated carbocycles. The molecule has 0 spiro atoms. The monoisotopic (exact) mass is 550 g/mol. The van der Waals surface area contributed by atoms with Crippen molar-refractivity contribution in [3.05, 3.63) is 65.5 Å². The van der Waals surface area contributed by atoms with Gasteiger partial charge < -0.3 is 15.4 Å². The summed E-state index contributed by atoms with van der Waals surface area (Å²) in [6.45, 7) is 2.95. The van der Waals surface area contributed by atoms with Crippen molar-refractivity contribution in [3.8, 4) is 5.75 Å². The predicted octanol–water partition coefficient (Wildman–Crippen LogP) is 2.63. The van der Waals surface area contributed by atoms with E-state index in [-0.39, 0.29) is 41.7 Å². The molecule has 0 aliphatic carbocycles. The van der Waals surface area contributed by atoms with Crippen molar-refractivity contribution in [3.63, 3.8) is 0 Å². The minimum atomic E-state index is -3.28. The van der Waals surface area contributed by atoms with Gasteiger partial charge in [-0.05, 0) is 49.4 Å². The summed E-state index contributed by atoms with van der Waals surface area (Å²) in [5.41, 5.74) is 1.71. The highest BCUT2D eigenvalue weighted by Gasteiger charge is 2.09. The lowest BCUT2D eigenvalue weighted by Crippen LogP contribution is -2.41. The average Bonchev–Trinajstić information content (AvgIpc) is 2.71. The van der Waals surface area contributed by atoms with Gasteiger partial charge in [-0.15, -0.1) is 24.0 Å². The van der Waals surface area contributed by atoms with E-state index in [0.717, 1.165) is 11.1 Å². The SMILES string of the molecule is CN=C(NCc1ccc(CS(=O)(=O)NC)cc1)NCC(C)Oc1ccc(F)cc1.I. The normalized spacial score (nSPS) is 12.6. The molecule has 0 saturated heterocycles. The predicted molar refractivity (Wildman–Crippen MR) is 128 cm³/mol. The number of ether oxygens (including phenoxy) is 1. The topological polar surface area (TPSA) is 91.8 Å². The lowest BCUT2D eigenvalue weighted by Gasteiger charge is -2.18. The van der Waals surface area contributed by atoms with Gasteiger partial charge in [0.15, 0.2) is 5.96 Å². The van der Waals surface area contributed by atoms with Gasteiger partial charge in [0.25, 0.3) is 0 Å². The Kier molecular flexibility index (Phi) is 11.1. The molecule has 0 heterocycles. The van der Waals surface area contributed by atoms with E-state index in [1.54, 1.807) is 31.3 Å². The van der Waals surface area contributed by atoms with Gasteiger partial charge in [-0.3, -0.25) is 4.99 Å². The van der Waals surface area contributed by atoms with Crippen molar-refractivity contribution in [2.45, 2.75) is 25.3 Å². The standard InChI is InChI=1S/C20H27FN4O3S.HI/c1-15(28-19-10-8-18(21)9-11-19)12-24-20(22-2)25-13-16-4-6-17(7-5-16)14-29(26,27)23-3;/h4-11,15,23H,12-14H2,1-3H3,(H2,22,24,25);1H. The number of guanidine groups is 1. The molecule has 1 atom stereocenters. The van der Waals surface area contributed by atoms with Crippen LogP contribution in [0.5, 0.6) is 5.75 Å². The van der Waals surface area contributed by atoms with Crippen LogP contribution in [0.2, 0.25) is 0 Å². The minimum Gasteiger partial charge on any atom is -0.489 e. The maximum absolute atomic E-state index is 12.9. The van der Waals surface area contributed by atoms with E-state index in [1.165, 1.54) is 19.2 Å². The molecule has 2 aromatic carbocycles. The summed E-state index contributed by atoms with van der Waals surface area (Å²) in [5, 5.41) is 6.37. The first-order valence-corrected chi connectivity index (χ1v) is 10.8. The van der Waals surface area contributed by atoms with E-state index < -0.39 is 10.0 Å². The fraction of sp³-hybridized carbons (Fsp3) is 0.350. The van der Waals surface area contributed by atoms with E-state index in [0.29, 0.717) is 24.8 Å². The summed E-state index contributed by atoms with van der Waals surface area (Å²) in [4.78, 5) is 4.17. The van der Waals surface area contributed by atoms with Gasteiger partial charge in [-0.2, -0.15) is 0 Å². The molecule has 10 heteroatoms. The third-order valence-corrected chi connectivity index (χ3v) is 5.42. The van der Waals surface area contributed by atoms with Crippen LogP contribution in [0.15, 0.2) is 53.5 Å². The first-order valence-electron chi connectivity index (χ1n) is 9.17. The molecule has 0 radical (unpaired) electrons. The molecule has 0 aliphatic heterocycles. The van der Waals surface area contributed by atoms with E-state index >= 15 is 0 Å². The Morgan fingerprint density at radius 2 is 1.67 bits per heavy atom. The molecule has 1 unspecified atom stereocenters.